The minimum absolute atomic E-state index is 0.0896. The van der Waals surface area contributed by atoms with E-state index in [9.17, 15) is 4.79 Å². The molecule has 1 aliphatic rings. The monoisotopic (exact) mass is 355 g/mol. The van der Waals surface area contributed by atoms with E-state index in [1.165, 1.54) is 0 Å². The van der Waals surface area contributed by atoms with Gasteiger partial charge in [-0.05, 0) is 45.7 Å². The molecule has 7 nitrogen and oxygen atoms in total. The minimum Gasteiger partial charge on any atom is -0.447 e. The van der Waals surface area contributed by atoms with E-state index < -0.39 is 0 Å². The van der Waals surface area contributed by atoms with Crippen LogP contribution in [0.5, 0.6) is 0 Å². The van der Waals surface area contributed by atoms with Crippen LogP contribution in [0.4, 0.5) is 10.6 Å². The van der Waals surface area contributed by atoms with Gasteiger partial charge < -0.3 is 15.0 Å². The zero-order valence-corrected chi connectivity index (χ0v) is 15.5. The second kappa shape index (κ2) is 8.12. The topological polar surface area (TPSA) is 80.2 Å². The molecule has 0 spiro atoms. The van der Waals surface area contributed by atoms with Gasteiger partial charge in [0, 0.05) is 48.8 Å². The molecule has 0 aliphatic carbocycles. The first kappa shape index (κ1) is 18.1. The number of rotatable bonds is 4. The fraction of sp³-hybridized carbons (Fsp3) is 0.474. The van der Waals surface area contributed by atoms with Gasteiger partial charge in [0.25, 0.3) is 0 Å². The van der Waals surface area contributed by atoms with Crippen molar-refractivity contribution in [3.05, 3.63) is 36.3 Å². The molecule has 138 valence electrons. The van der Waals surface area contributed by atoms with E-state index in [1.54, 1.807) is 17.3 Å². The molecular formula is C19H25N5O2. The van der Waals surface area contributed by atoms with E-state index in [4.69, 9.17) is 4.74 Å². The smallest absolute Gasteiger partial charge is 0.410 e. The van der Waals surface area contributed by atoms with Crippen LogP contribution in [0.25, 0.3) is 11.4 Å². The van der Waals surface area contributed by atoms with Gasteiger partial charge in [-0.1, -0.05) is 0 Å². The zero-order valence-electron chi connectivity index (χ0n) is 15.5. The summed E-state index contributed by atoms with van der Waals surface area (Å²) in [4.78, 5) is 27.0. The first-order valence-electron chi connectivity index (χ1n) is 8.99. The molecule has 1 amide bonds. The maximum Gasteiger partial charge on any atom is 0.410 e. The summed E-state index contributed by atoms with van der Waals surface area (Å²) in [5, 5.41) is 3.48. The molecule has 0 unspecified atom stereocenters. The van der Waals surface area contributed by atoms with E-state index in [-0.39, 0.29) is 18.2 Å². The summed E-state index contributed by atoms with van der Waals surface area (Å²) >= 11 is 0. The van der Waals surface area contributed by atoms with Crippen molar-refractivity contribution >= 4 is 11.9 Å². The van der Waals surface area contributed by atoms with Gasteiger partial charge in [0.1, 0.15) is 5.82 Å². The largest absolute Gasteiger partial charge is 0.447 e. The molecule has 7 heteroatoms. The highest BCUT2D eigenvalue weighted by Gasteiger charge is 2.24. The molecule has 1 fully saturated rings. The summed E-state index contributed by atoms with van der Waals surface area (Å²) in [6.07, 6.45) is 4.90. The van der Waals surface area contributed by atoms with Gasteiger partial charge >= 0.3 is 6.09 Å². The van der Waals surface area contributed by atoms with Crippen LogP contribution >= 0.6 is 0 Å². The Morgan fingerprint density at radius 2 is 2.08 bits per heavy atom. The fourth-order valence-corrected chi connectivity index (χ4v) is 2.96. The molecule has 2 aromatic heterocycles. The van der Waals surface area contributed by atoms with Gasteiger partial charge in [-0.25, -0.2) is 14.8 Å². The number of piperidine rings is 1. The lowest BCUT2D eigenvalue weighted by molar-refractivity contribution is 0.0701. The molecule has 3 heterocycles. The molecule has 0 saturated carbocycles. The SMILES string of the molecule is Cc1cc(NC2CCN(C(=O)OC(C)C)CC2)nc(-c2cccnc2)n1. The third-order valence-corrected chi connectivity index (χ3v) is 4.22. The molecule has 0 radical (unpaired) electrons. The predicted molar refractivity (Wildman–Crippen MR) is 99.8 cm³/mol. The molecule has 1 saturated heterocycles. The van der Waals surface area contributed by atoms with E-state index >= 15 is 0 Å². The molecule has 0 bridgehead atoms. The Bertz CT molecular complexity index is 743. The number of aromatic nitrogens is 3. The number of nitrogens with one attached hydrogen (secondary N) is 1. The van der Waals surface area contributed by atoms with E-state index in [1.807, 2.05) is 39.0 Å². The number of carbonyl (C=O) groups is 1. The highest BCUT2D eigenvalue weighted by atomic mass is 16.6. The van der Waals surface area contributed by atoms with Crippen LogP contribution in [-0.4, -0.2) is 51.2 Å². The Morgan fingerprint density at radius 1 is 1.31 bits per heavy atom. The number of aryl methyl sites for hydroxylation is 1. The number of hydrogen-bond donors (Lipinski definition) is 1. The van der Waals surface area contributed by atoms with Crippen molar-refractivity contribution in [2.24, 2.45) is 0 Å². The highest BCUT2D eigenvalue weighted by molar-refractivity contribution is 5.68. The number of pyridine rings is 1. The van der Waals surface area contributed by atoms with Crippen LogP contribution in [0.15, 0.2) is 30.6 Å². The Kier molecular flexibility index (Phi) is 5.65. The summed E-state index contributed by atoms with van der Waals surface area (Å²) in [6.45, 7) is 7.05. The first-order chi connectivity index (χ1) is 12.5. The summed E-state index contributed by atoms with van der Waals surface area (Å²) < 4.78 is 5.26. The van der Waals surface area contributed by atoms with Crippen molar-refractivity contribution < 1.29 is 9.53 Å². The predicted octanol–water partition coefficient (Wildman–Crippen LogP) is 3.27. The Balaban J connectivity index is 1.62. The molecule has 3 rings (SSSR count). The number of ether oxygens (including phenoxy) is 1. The Labute approximate surface area is 153 Å². The lowest BCUT2D eigenvalue weighted by Gasteiger charge is -2.32. The van der Waals surface area contributed by atoms with Crippen molar-refractivity contribution in [1.82, 2.24) is 19.9 Å². The number of nitrogens with zero attached hydrogens (tertiary/aromatic N) is 4. The molecule has 2 aromatic rings. The fourth-order valence-electron chi connectivity index (χ4n) is 2.96. The third kappa shape index (κ3) is 4.68. The quantitative estimate of drug-likeness (QED) is 0.907. The van der Waals surface area contributed by atoms with E-state index in [0.717, 1.165) is 29.9 Å². The van der Waals surface area contributed by atoms with Crippen LogP contribution in [0.1, 0.15) is 32.4 Å². The van der Waals surface area contributed by atoms with Crippen molar-refractivity contribution in [1.29, 1.82) is 0 Å². The first-order valence-corrected chi connectivity index (χ1v) is 8.99. The number of hydrogen-bond acceptors (Lipinski definition) is 6. The zero-order chi connectivity index (χ0) is 18.5. The second-order valence-electron chi connectivity index (χ2n) is 6.80. The van der Waals surface area contributed by atoms with Gasteiger partial charge in [0.05, 0.1) is 6.10 Å². The third-order valence-electron chi connectivity index (χ3n) is 4.22. The van der Waals surface area contributed by atoms with Crippen LogP contribution in [0.3, 0.4) is 0 Å². The number of amides is 1. The second-order valence-corrected chi connectivity index (χ2v) is 6.80. The van der Waals surface area contributed by atoms with Gasteiger partial charge in [0.15, 0.2) is 5.82 Å². The van der Waals surface area contributed by atoms with E-state index in [0.29, 0.717) is 18.9 Å². The van der Waals surface area contributed by atoms with Crippen molar-refractivity contribution in [3.63, 3.8) is 0 Å². The number of likely N-dealkylation sites (tertiary alicyclic amines) is 1. The van der Waals surface area contributed by atoms with Gasteiger partial charge in [-0.2, -0.15) is 0 Å². The summed E-state index contributed by atoms with van der Waals surface area (Å²) in [5.74, 6) is 1.47. The molecule has 1 aliphatic heterocycles. The Hall–Kier alpha value is -2.70. The maximum atomic E-state index is 12.0. The van der Waals surface area contributed by atoms with Gasteiger partial charge in [-0.3, -0.25) is 4.98 Å². The van der Waals surface area contributed by atoms with Crippen molar-refractivity contribution in [2.75, 3.05) is 18.4 Å². The van der Waals surface area contributed by atoms with Crippen LogP contribution in [0.2, 0.25) is 0 Å². The van der Waals surface area contributed by atoms with Crippen LogP contribution < -0.4 is 5.32 Å². The van der Waals surface area contributed by atoms with Gasteiger partial charge in [-0.15, -0.1) is 0 Å². The average molecular weight is 355 g/mol. The minimum atomic E-state index is -0.227. The van der Waals surface area contributed by atoms with E-state index in [2.05, 4.69) is 20.3 Å². The summed E-state index contributed by atoms with van der Waals surface area (Å²) in [7, 11) is 0. The highest BCUT2D eigenvalue weighted by Crippen LogP contribution is 2.20. The molecular weight excluding hydrogens is 330 g/mol. The lowest BCUT2D eigenvalue weighted by Crippen LogP contribution is -2.43. The molecule has 0 atom stereocenters. The van der Waals surface area contributed by atoms with Crippen molar-refractivity contribution in [3.8, 4) is 11.4 Å². The van der Waals surface area contributed by atoms with Crippen molar-refractivity contribution in [2.45, 2.75) is 45.8 Å². The van der Waals surface area contributed by atoms with Crippen LogP contribution in [-0.2, 0) is 4.74 Å². The molecule has 26 heavy (non-hydrogen) atoms. The molecule has 1 N–H and O–H groups in total. The van der Waals surface area contributed by atoms with Gasteiger partial charge in [0.2, 0.25) is 0 Å². The summed E-state index contributed by atoms with van der Waals surface area (Å²) in [5.41, 5.74) is 1.80. The lowest BCUT2D eigenvalue weighted by atomic mass is 10.1. The van der Waals surface area contributed by atoms with Crippen LogP contribution in [0, 0.1) is 6.92 Å². The summed E-state index contributed by atoms with van der Waals surface area (Å²) in [6, 6.07) is 6.04. The molecule has 0 aromatic carbocycles. The maximum absolute atomic E-state index is 12.0. The number of anilines is 1. The average Bonchev–Trinajstić information content (AvgIpc) is 2.62. The Morgan fingerprint density at radius 3 is 2.73 bits per heavy atom. The number of carbonyl (C=O) groups excluding carboxylic acids is 1. The normalized spacial score (nSPS) is 15.2. The standard InChI is InChI=1S/C19H25N5O2/c1-13(2)26-19(25)24-9-6-16(7-10-24)22-17-11-14(3)21-18(23-17)15-5-4-8-20-12-15/h4-5,8,11-13,16H,6-7,9-10H2,1-3H3,(H,21,22,23).